The van der Waals surface area contributed by atoms with Crippen LogP contribution in [0, 0.1) is 0 Å². The number of benzene rings is 1. The van der Waals surface area contributed by atoms with Crippen LogP contribution in [0.15, 0.2) is 18.2 Å². The van der Waals surface area contributed by atoms with Crippen LogP contribution in [-0.2, 0) is 20.4 Å². The van der Waals surface area contributed by atoms with Crippen molar-refractivity contribution in [1.29, 1.82) is 0 Å². The number of rotatable bonds is 6. The standard InChI is InChI=1S/C16H19F3N2O5/c1-25-8-13(26-2)14(23)20-11-6-21(7-11)15(24)9-3-10(16(17,18)19)5-12(22)4-9/h3-5,11,13,22H,6-8H2,1-2H3,(H,20,23). The number of phenols is 1. The van der Waals surface area contributed by atoms with E-state index >= 15 is 0 Å². The molecule has 7 nitrogen and oxygen atoms in total. The summed E-state index contributed by atoms with van der Waals surface area (Å²) in [7, 11) is 2.79. The van der Waals surface area contributed by atoms with Crippen molar-refractivity contribution in [3.63, 3.8) is 0 Å². The van der Waals surface area contributed by atoms with Gasteiger partial charge in [-0.25, -0.2) is 0 Å². The first kappa shape index (κ1) is 20.0. The zero-order valence-corrected chi connectivity index (χ0v) is 14.2. The number of ether oxygens (including phenoxy) is 2. The minimum absolute atomic E-state index is 0.0706. The lowest BCUT2D eigenvalue weighted by Gasteiger charge is -2.40. The van der Waals surface area contributed by atoms with Gasteiger partial charge in [0.15, 0.2) is 6.10 Å². The molecule has 1 saturated heterocycles. The quantitative estimate of drug-likeness (QED) is 0.774. The molecule has 0 saturated carbocycles. The summed E-state index contributed by atoms with van der Waals surface area (Å²) < 4.78 is 48.2. The van der Waals surface area contributed by atoms with E-state index < -0.39 is 35.4 Å². The second-order valence-electron chi connectivity index (χ2n) is 5.86. The highest BCUT2D eigenvalue weighted by Crippen LogP contribution is 2.32. The SMILES string of the molecule is COCC(OC)C(=O)NC1CN(C(=O)c2cc(O)cc(C(F)(F)F)c2)C1. The maximum Gasteiger partial charge on any atom is 0.416 e. The van der Waals surface area contributed by atoms with Gasteiger partial charge in [-0.05, 0) is 18.2 Å². The summed E-state index contributed by atoms with van der Waals surface area (Å²) in [5.41, 5.74) is -1.37. The van der Waals surface area contributed by atoms with Crippen LogP contribution < -0.4 is 5.32 Å². The number of hydrogen-bond acceptors (Lipinski definition) is 5. The molecule has 1 atom stereocenters. The molecule has 1 aliphatic rings. The van der Waals surface area contributed by atoms with Gasteiger partial charge in [0.05, 0.1) is 18.2 Å². The molecule has 2 amide bonds. The first-order valence-electron chi connectivity index (χ1n) is 7.68. The lowest BCUT2D eigenvalue weighted by molar-refractivity contribution is -0.138. The van der Waals surface area contributed by atoms with Gasteiger partial charge >= 0.3 is 6.18 Å². The summed E-state index contributed by atoms with van der Waals surface area (Å²) in [5, 5.41) is 12.1. The van der Waals surface area contributed by atoms with E-state index in [0.717, 1.165) is 6.07 Å². The molecule has 2 N–H and O–H groups in total. The predicted octanol–water partition coefficient (Wildman–Crippen LogP) is 1.01. The Morgan fingerprint density at radius 1 is 1.31 bits per heavy atom. The second-order valence-corrected chi connectivity index (χ2v) is 5.86. The van der Waals surface area contributed by atoms with Crippen LogP contribution in [0.5, 0.6) is 5.75 Å². The van der Waals surface area contributed by atoms with E-state index in [-0.39, 0.29) is 31.3 Å². The number of hydrogen-bond donors (Lipinski definition) is 2. The Kier molecular flexibility index (Phi) is 6.09. The van der Waals surface area contributed by atoms with Crippen molar-refractivity contribution in [3.05, 3.63) is 29.3 Å². The van der Waals surface area contributed by atoms with E-state index in [1.807, 2.05) is 0 Å². The summed E-state index contributed by atoms with van der Waals surface area (Å²) in [4.78, 5) is 25.5. The number of methoxy groups -OCH3 is 2. The Bertz CT molecular complexity index is 674. The van der Waals surface area contributed by atoms with E-state index in [1.54, 1.807) is 0 Å². The largest absolute Gasteiger partial charge is 0.508 e. The van der Waals surface area contributed by atoms with Crippen molar-refractivity contribution < 1.29 is 37.3 Å². The molecule has 2 rings (SSSR count). The van der Waals surface area contributed by atoms with Crippen molar-refractivity contribution in [3.8, 4) is 5.75 Å². The van der Waals surface area contributed by atoms with Crippen LogP contribution in [0.1, 0.15) is 15.9 Å². The minimum atomic E-state index is -4.67. The topological polar surface area (TPSA) is 88.1 Å². The number of carbonyl (C=O) groups excluding carboxylic acids is 2. The molecule has 0 bridgehead atoms. The Labute approximate surface area is 147 Å². The number of amides is 2. The number of halogens is 3. The van der Waals surface area contributed by atoms with Gasteiger partial charge in [0, 0.05) is 32.9 Å². The third-order valence-electron chi connectivity index (χ3n) is 3.90. The van der Waals surface area contributed by atoms with Crippen molar-refractivity contribution in [2.75, 3.05) is 33.9 Å². The fraction of sp³-hybridized carbons (Fsp3) is 0.500. The summed E-state index contributed by atoms with van der Waals surface area (Å²) >= 11 is 0. The molecular formula is C16H19F3N2O5. The van der Waals surface area contributed by atoms with Crippen molar-refractivity contribution >= 4 is 11.8 Å². The fourth-order valence-corrected chi connectivity index (χ4v) is 2.51. The first-order chi connectivity index (χ1) is 12.2. The molecule has 1 aliphatic heterocycles. The van der Waals surface area contributed by atoms with E-state index in [0.29, 0.717) is 12.1 Å². The average molecular weight is 376 g/mol. The highest BCUT2D eigenvalue weighted by molar-refractivity contribution is 5.95. The molecule has 1 aromatic carbocycles. The lowest BCUT2D eigenvalue weighted by Crippen LogP contribution is -2.62. The highest BCUT2D eigenvalue weighted by Gasteiger charge is 2.36. The van der Waals surface area contributed by atoms with Crippen LogP contribution >= 0.6 is 0 Å². The highest BCUT2D eigenvalue weighted by atomic mass is 19.4. The van der Waals surface area contributed by atoms with Gasteiger partial charge in [0.2, 0.25) is 0 Å². The molecule has 1 fully saturated rings. The van der Waals surface area contributed by atoms with Gasteiger partial charge in [-0.3, -0.25) is 9.59 Å². The molecule has 1 unspecified atom stereocenters. The molecule has 0 radical (unpaired) electrons. The predicted molar refractivity (Wildman–Crippen MR) is 83.6 cm³/mol. The van der Waals surface area contributed by atoms with Crippen LogP contribution in [0.2, 0.25) is 0 Å². The summed E-state index contributed by atoms with van der Waals surface area (Å²) in [6.07, 6.45) is -5.46. The number of nitrogens with zero attached hydrogens (tertiary/aromatic N) is 1. The fourth-order valence-electron chi connectivity index (χ4n) is 2.51. The molecular weight excluding hydrogens is 357 g/mol. The minimum Gasteiger partial charge on any atom is -0.508 e. The second kappa shape index (κ2) is 7.92. The van der Waals surface area contributed by atoms with E-state index in [4.69, 9.17) is 9.47 Å². The average Bonchev–Trinajstić information content (AvgIpc) is 2.53. The number of nitrogens with one attached hydrogen (secondary N) is 1. The van der Waals surface area contributed by atoms with Crippen LogP contribution in [-0.4, -0.2) is 67.9 Å². The molecule has 26 heavy (non-hydrogen) atoms. The molecule has 144 valence electrons. The van der Waals surface area contributed by atoms with E-state index in [1.165, 1.54) is 19.1 Å². The maximum atomic E-state index is 12.8. The first-order valence-corrected chi connectivity index (χ1v) is 7.68. The Balaban J connectivity index is 1.96. The number of phenolic OH excluding ortho intramolecular Hbond substituents is 1. The van der Waals surface area contributed by atoms with E-state index in [2.05, 4.69) is 5.32 Å². The number of aromatic hydroxyl groups is 1. The van der Waals surface area contributed by atoms with Gasteiger partial charge in [0.25, 0.3) is 11.8 Å². The van der Waals surface area contributed by atoms with Gasteiger partial charge in [-0.2, -0.15) is 13.2 Å². The number of alkyl halides is 3. The normalized spacial score (nSPS) is 16.1. The summed E-state index contributed by atoms with van der Waals surface area (Å²) in [6.45, 7) is 0.358. The van der Waals surface area contributed by atoms with Gasteiger partial charge in [0.1, 0.15) is 5.75 Å². The summed E-state index contributed by atoms with van der Waals surface area (Å²) in [6, 6.07) is 1.88. The van der Waals surface area contributed by atoms with Crippen molar-refractivity contribution in [2.24, 2.45) is 0 Å². The monoisotopic (exact) mass is 376 g/mol. The smallest absolute Gasteiger partial charge is 0.416 e. The zero-order valence-electron chi connectivity index (χ0n) is 14.2. The van der Waals surface area contributed by atoms with Gasteiger partial charge in [-0.15, -0.1) is 0 Å². The Morgan fingerprint density at radius 3 is 2.50 bits per heavy atom. The van der Waals surface area contributed by atoms with Crippen molar-refractivity contribution in [1.82, 2.24) is 10.2 Å². The van der Waals surface area contributed by atoms with Crippen LogP contribution in [0.4, 0.5) is 13.2 Å². The molecule has 0 aliphatic carbocycles. The molecule has 0 spiro atoms. The maximum absolute atomic E-state index is 12.8. The molecule has 1 heterocycles. The zero-order chi connectivity index (χ0) is 19.5. The number of carbonyl (C=O) groups is 2. The van der Waals surface area contributed by atoms with Gasteiger partial charge < -0.3 is 24.8 Å². The Hall–Kier alpha value is -2.33. The molecule has 0 aromatic heterocycles. The van der Waals surface area contributed by atoms with Crippen LogP contribution in [0.3, 0.4) is 0 Å². The van der Waals surface area contributed by atoms with Crippen LogP contribution in [0.25, 0.3) is 0 Å². The van der Waals surface area contributed by atoms with Crippen molar-refractivity contribution in [2.45, 2.75) is 18.3 Å². The molecule has 1 aromatic rings. The van der Waals surface area contributed by atoms with Gasteiger partial charge in [-0.1, -0.05) is 0 Å². The third-order valence-corrected chi connectivity index (χ3v) is 3.90. The molecule has 10 heteroatoms. The Morgan fingerprint density at radius 2 is 1.96 bits per heavy atom. The number of likely N-dealkylation sites (tertiary alicyclic amines) is 1. The third kappa shape index (κ3) is 4.64. The summed E-state index contributed by atoms with van der Waals surface area (Å²) in [5.74, 6) is -1.70. The van der Waals surface area contributed by atoms with E-state index in [9.17, 15) is 27.9 Å². The lowest BCUT2D eigenvalue weighted by atomic mass is 10.0.